The topological polar surface area (TPSA) is 55.2 Å². The van der Waals surface area contributed by atoms with Gasteiger partial charge in [0.05, 0.1) is 4.92 Å². The van der Waals surface area contributed by atoms with E-state index in [-0.39, 0.29) is 10.6 Å². The highest BCUT2D eigenvalue weighted by atomic mass is 16.6. The number of hydrogen-bond donors (Lipinski definition) is 1. The van der Waals surface area contributed by atoms with Crippen LogP contribution in [0.15, 0.2) is 24.3 Å². The average Bonchev–Trinajstić information content (AvgIpc) is 2.46. The Labute approximate surface area is 114 Å². The normalized spacial score (nSPS) is 23.0. The number of nitrogens with one attached hydrogen (secondary N) is 1. The molecule has 0 saturated heterocycles. The number of hydrogen-bond acceptors (Lipinski definition) is 3. The Morgan fingerprint density at radius 2 is 1.95 bits per heavy atom. The second kappa shape index (κ2) is 6.55. The van der Waals surface area contributed by atoms with Gasteiger partial charge in [0.25, 0.3) is 5.69 Å². The summed E-state index contributed by atoms with van der Waals surface area (Å²) in [5.41, 5.74) is 1.01. The molecule has 0 aliphatic heterocycles. The summed E-state index contributed by atoms with van der Waals surface area (Å²) in [5, 5.41) is 14.0. The molecule has 1 saturated carbocycles. The maximum Gasteiger partial charge on any atom is 0.271 e. The van der Waals surface area contributed by atoms with E-state index in [0.717, 1.165) is 18.2 Å². The molecular formula is C15H22N2O2. The van der Waals surface area contributed by atoms with E-state index >= 15 is 0 Å². The molecule has 1 aromatic rings. The van der Waals surface area contributed by atoms with Crippen molar-refractivity contribution in [1.82, 2.24) is 0 Å². The first kappa shape index (κ1) is 13.8. The predicted octanol–water partition coefficient (Wildman–Crippen LogP) is 4.22. The highest BCUT2D eigenvalue weighted by molar-refractivity contribution is 5.50. The fourth-order valence-corrected chi connectivity index (χ4v) is 2.84. The Morgan fingerprint density at radius 1 is 1.26 bits per heavy atom. The number of nitro groups is 1. The first-order valence-corrected chi connectivity index (χ1v) is 7.17. The Bertz CT molecular complexity index is 426. The number of anilines is 1. The molecule has 0 aromatic heterocycles. The number of benzene rings is 1. The van der Waals surface area contributed by atoms with Crippen molar-refractivity contribution in [1.29, 1.82) is 0 Å². The molecule has 4 nitrogen and oxygen atoms in total. The minimum atomic E-state index is -0.350. The lowest BCUT2D eigenvalue weighted by Gasteiger charge is -2.28. The van der Waals surface area contributed by atoms with Crippen molar-refractivity contribution < 1.29 is 4.92 Å². The molecule has 0 bridgehead atoms. The summed E-state index contributed by atoms with van der Waals surface area (Å²) in [6.07, 6.45) is 6.52. The summed E-state index contributed by atoms with van der Waals surface area (Å²) in [6.45, 7) is 3.20. The van der Waals surface area contributed by atoms with Crippen molar-refractivity contribution in [2.75, 3.05) is 11.9 Å². The molecule has 4 heteroatoms. The Morgan fingerprint density at radius 3 is 2.58 bits per heavy atom. The van der Waals surface area contributed by atoms with Crippen molar-refractivity contribution in [2.45, 2.75) is 39.0 Å². The molecule has 1 aliphatic rings. The molecule has 1 aromatic carbocycles. The Balaban J connectivity index is 1.82. The van der Waals surface area contributed by atoms with Gasteiger partial charge in [-0.2, -0.15) is 0 Å². The van der Waals surface area contributed by atoms with E-state index in [1.54, 1.807) is 12.1 Å². The van der Waals surface area contributed by atoms with E-state index in [2.05, 4.69) is 12.2 Å². The number of nitrogens with zero attached hydrogens (tertiary/aromatic N) is 1. The van der Waals surface area contributed by atoms with Crippen LogP contribution in [0.2, 0.25) is 0 Å². The molecular weight excluding hydrogens is 240 g/mol. The van der Waals surface area contributed by atoms with Gasteiger partial charge in [0.2, 0.25) is 0 Å². The SMILES string of the molecule is CCC1CCC(CNc2cccc([N+](=O)[O-])c2)CC1. The van der Waals surface area contributed by atoms with Crippen molar-refractivity contribution in [2.24, 2.45) is 11.8 Å². The van der Waals surface area contributed by atoms with Crippen LogP contribution in [0.4, 0.5) is 11.4 Å². The van der Waals surface area contributed by atoms with Crippen LogP contribution in [-0.4, -0.2) is 11.5 Å². The summed E-state index contributed by atoms with van der Waals surface area (Å²) < 4.78 is 0. The fourth-order valence-electron chi connectivity index (χ4n) is 2.84. The maximum absolute atomic E-state index is 10.7. The van der Waals surface area contributed by atoms with E-state index in [0.29, 0.717) is 5.92 Å². The van der Waals surface area contributed by atoms with E-state index in [9.17, 15) is 10.1 Å². The fraction of sp³-hybridized carbons (Fsp3) is 0.600. The molecule has 1 aliphatic carbocycles. The van der Waals surface area contributed by atoms with Gasteiger partial charge in [-0.05, 0) is 30.7 Å². The molecule has 1 N–H and O–H groups in total. The molecule has 2 rings (SSSR count). The molecule has 104 valence electrons. The lowest BCUT2D eigenvalue weighted by Crippen LogP contribution is -2.20. The van der Waals surface area contributed by atoms with Gasteiger partial charge in [-0.15, -0.1) is 0 Å². The second-order valence-electron chi connectivity index (χ2n) is 5.48. The van der Waals surface area contributed by atoms with Crippen LogP contribution in [0.25, 0.3) is 0 Å². The first-order valence-electron chi connectivity index (χ1n) is 7.17. The zero-order chi connectivity index (χ0) is 13.7. The summed E-state index contributed by atoms with van der Waals surface area (Å²) in [7, 11) is 0. The first-order chi connectivity index (χ1) is 9.19. The minimum Gasteiger partial charge on any atom is -0.385 e. The third kappa shape index (κ3) is 3.94. The van der Waals surface area contributed by atoms with Crippen molar-refractivity contribution in [3.63, 3.8) is 0 Å². The van der Waals surface area contributed by atoms with Crippen molar-refractivity contribution >= 4 is 11.4 Å². The monoisotopic (exact) mass is 262 g/mol. The summed E-state index contributed by atoms with van der Waals surface area (Å²) in [5.74, 6) is 1.62. The van der Waals surface area contributed by atoms with E-state index in [4.69, 9.17) is 0 Å². The molecule has 0 heterocycles. The quantitative estimate of drug-likeness (QED) is 0.638. The predicted molar refractivity (Wildman–Crippen MR) is 77.3 cm³/mol. The standard InChI is InChI=1S/C15H22N2O2/c1-2-12-6-8-13(9-7-12)11-16-14-4-3-5-15(10-14)17(18)19/h3-5,10,12-13,16H,2,6-9,11H2,1H3. The largest absolute Gasteiger partial charge is 0.385 e. The zero-order valence-corrected chi connectivity index (χ0v) is 11.5. The summed E-state index contributed by atoms with van der Waals surface area (Å²) in [6, 6.07) is 6.76. The third-order valence-electron chi connectivity index (χ3n) is 4.20. The highest BCUT2D eigenvalue weighted by Gasteiger charge is 2.19. The van der Waals surface area contributed by atoms with Gasteiger partial charge < -0.3 is 5.32 Å². The molecule has 0 radical (unpaired) electrons. The van der Waals surface area contributed by atoms with Gasteiger partial charge in [-0.3, -0.25) is 10.1 Å². The number of nitro benzene ring substituents is 1. The van der Waals surface area contributed by atoms with Crippen LogP contribution in [-0.2, 0) is 0 Å². The van der Waals surface area contributed by atoms with Gasteiger partial charge >= 0.3 is 0 Å². The third-order valence-corrected chi connectivity index (χ3v) is 4.20. The van der Waals surface area contributed by atoms with Crippen molar-refractivity contribution in [3.05, 3.63) is 34.4 Å². The molecule has 1 fully saturated rings. The summed E-state index contributed by atoms with van der Waals surface area (Å²) >= 11 is 0. The Hall–Kier alpha value is -1.58. The van der Waals surface area contributed by atoms with Crippen molar-refractivity contribution in [3.8, 4) is 0 Å². The molecule has 19 heavy (non-hydrogen) atoms. The Kier molecular flexibility index (Phi) is 4.77. The molecule has 0 atom stereocenters. The molecule has 0 unspecified atom stereocenters. The minimum absolute atomic E-state index is 0.152. The van der Waals surface area contributed by atoms with Gasteiger partial charge in [0.15, 0.2) is 0 Å². The van der Waals surface area contributed by atoms with Crippen LogP contribution >= 0.6 is 0 Å². The summed E-state index contributed by atoms with van der Waals surface area (Å²) in [4.78, 5) is 10.4. The van der Waals surface area contributed by atoms with Gasteiger partial charge in [0.1, 0.15) is 0 Å². The van der Waals surface area contributed by atoms with Crippen LogP contribution in [0.5, 0.6) is 0 Å². The van der Waals surface area contributed by atoms with Gasteiger partial charge in [-0.1, -0.05) is 32.3 Å². The zero-order valence-electron chi connectivity index (χ0n) is 11.5. The van der Waals surface area contributed by atoms with Gasteiger partial charge in [0, 0.05) is 24.4 Å². The number of non-ortho nitro benzene ring substituents is 1. The van der Waals surface area contributed by atoms with Crippen LogP contribution < -0.4 is 5.32 Å². The van der Waals surface area contributed by atoms with Gasteiger partial charge in [-0.25, -0.2) is 0 Å². The average molecular weight is 262 g/mol. The molecule has 0 amide bonds. The lowest BCUT2D eigenvalue weighted by atomic mass is 9.81. The number of rotatable bonds is 5. The van der Waals surface area contributed by atoms with Crippen LogP contribution in [0, 0.1) is 22.0 Å². The van der Waals surface area contributed by atoms with Crippen LogP contribution in [0.3, 0.4) is 0 Å². The van der Waals surface area contributed by atoms with E-state index in [1.165, 1.54) is 38.2 Å². The smallest absolute Gasteiger partial charge is 0.271 e. The van der Waals surface area contributed by atoms with E-state index in [1.807, 2.05) is 6.07 Å². The van der Waals surface area contributed by atoms with Crippen LogP contribution in [0.1, 0.15) is 39.0 Å². The molecule has 0 spiro atoms. The van der Waals surface area contributed by atoms with E-state index < -0.39 is 0 Å². The lowest BCUT2D eigenvalue weighted by molar-refractivity contribution is -0.384. The maximum atomic E-state index is 10.7. The highest BCUT2D eigenvalue weighted by Crippen LogP contribution is 2.30. The second-order valence-corrected chi connectivity index (χ2v) is 5.48.